The molecule has 0 fully saturated rings. The Bertz CT molecular complexity index is 433. The van der Waals surface area contributed by atoms with E-state index < -0.39 is 18.5 Å². The van der Waals surface area contributed by atoms with Crippen LogP contribution in [0.15, 0.2) is 22.8 Å². The van der Waals surface area contributed by atoms with E-state index in [1.807, 2.05) is 0 Å². The van der Waals surface area contributed by atoms with Gasteiger partial charge in [-0.2, -0.15) is 0 Å². The number of hydrogen-bond donors (Lipinski definition) is 2. The van der Waals surface area contributed by atoms with Crippen LogP contribution in [-0.2, 0) is 11.2 Å². The number of nitrogens with zero attached hydrogens (tertiary/aromatic N) is 1. The lowest BCUT2D eigenvalue weighted by molar-refractivity contribution is -0.137. The molecule has 2 amide bonds. The van der Waals surface area contributed by atoms with Gasteiger partial charge in [0.05, 0.1) is 12.8 Å². The molecule has 0 radical (unpaired) electrons. The summed E-state index contributed by atoms with van der Waals surface area (Å²) in [5.41, 5.74) is 0. The Balaban J connectivity index is 2.36. The van der Waals surface area contributed by atoms with E-state index in [2.05, 4.69) is 11.2 Å². The smallest absolute Gasteiger partial charge is 0.323 e. The minimum absolute atomic E-state index is 0.0428. The van der Waals surface area contributed by atoms with Crippen LogP contribution in [0, 0.1) is 12.3 Å². The number of hydrogen-bond acceptors (Lipinski definition) is 3. The van der Waals surface area contributed by atoms with E-state index in [0.29, 0.717) is 13.0 Å². The summed E-state index contributed by atoms with van der Waals surface area (Å²) in [7, 11) is 0. The zero-order valence-electron chi connectivity index (χ0n) is 9.76. The fourth-order valence-corrected chi connectivity index (χ4v) is 1.33. The first-order valence-corrected chi connectivity index (χ1v) is 5.34. The third-order valence-electron chi connectivity index (χ3n) is 2.12. The Labute approximate surface area is 105 Å². The number of nitrogens with one attached hydrogen (secondary N) is 1. The molecule has 1 aromatic heterocycles. The third-order valence-corrected chi connectivity index (χ3v) is 2.12. The molecule has 0 aliphatic carbocycles. The summed E-state index contributed by atoms with van der Waals surface area (Å²) in [6.45, 7) is -0.108. The Hall–Kier alpha value is -2.42. The maximum atomic E-state index is 11.6. The van der Waals surface area contributed by atoms with E-state index in [1.54, 1.807) is 18.4 Å². The van der Waals surface area contributed by atoms with Gasteiger partial charge >= 0.3 is 12.0 Å². The number of carbonyl (C=O) groups is 2. The van der Waals surface area contributed by atoms with E-state index in [0.717, 1.165) is 10.7 Å². The Morgan fingerprint density at radius 1 is 1.56 bits per heavy atom. The fourth-order valence-electron chi connectivity index (χ4n) is 1.33. The van der Waals surface area contributed by atoms with Gasteiger partial charge in [-0.05, 0) is 12.1 Å². The summed E-state index contributed by atoms with van der Waals surface area (Å²) >= 11 is 0. The highest BCUT2D eigenvalue weighted by Gasteiger charge is 2.14. The second-order valence-corrected chi connectivity index (χ2v) is 3.52. The van der Waals surface area contributed by atoms with Gasteiger partial charge in [0.15, 0.2) is 0 Å². The van der Waals surface area contributed by atoms with Gasteiger partial charge in [0.1, 0.15) is 12.3 Å². The van der Waals surface area contributed by atoms with E-state index >= 15 is 0 Å². The highest BCUT2D eigenvalue weighted by molar-refractivity contribution is 5.80. The number of carboxylic acids is 1. The van der Waals surface area contributed by atoms with E-state index in [9.17, 15) is 9.59 Å². The van der Waals surface area contributed by atoms with Crippen molar-refractivity contribution in [2.75, 3.05) is 19.6 Å². The summed E-state index contributed by atoms with van der Waals surface area (Å²) in [5, 5.41) is 11.2. The minimum atomic E-state index is -1.11. The largest absolute Gasteiger partial charge is 0.480 e. The van der Waals surface area contributed by atoms with Gasteiger partial charge in [-0.1, -0.05) is 5.92 Å². The summed E-state index contributed by atoms with van der Waals surface area (Å²) in [6.07, 6.45) is 7.15. The highest BCUT2D eigenvalue weighted by atomic mass is 16.4. The van der Waals surface area contributed by atoms with Gasteiger partial charge < -0.3 is 19.7 Å². The van der Waals surface area contributed by atoms with Crippen LogP contribution in [-0.4, -0.2) is 41.6 Å². The lowest BCUT2D eigenvalue weighted by Gasteiger charge is -2.18. The number of aliphatic carboxylic acids is 1. The topological polar surface area (TPSA) is 82.8 Å². The Morgan fingerprint density at radius 3 is 2.89 bits per heavy atom. The molecule has 1 heterocycles. The molecule has 6 nitrogen and oxygen atoms in total. The minimum Gasteiger partial charge on any atom is -0.480 e. The molecule has 0 saturated heterocycles. The van der Waals surface area contributed by atoms with Crippen molar-refractivity contribution in [2.24, 2.45) is 0 Å². The molecule has 1 rings (SSSR count). The quantitative estimate of drug-likeness (QED) is 0.722. The van der Waals surface area contributed by atoms with Gasteiger partial charge in [-0.3, -0.25) is 4.79 Å². The predicted octanol–water partition coefficient (Wildman–Crippen LogP) is 0.551. The number of carboxylic acid groups (broad SMARTS) is 1. The first kappa shape index (κ1) is 13.6. The van der Waals surface area contributed by atoms with Crippen molar-refractivity contribution in [3.63, 3.8) is 0 Å². The lowest BCUT2D eigenvalue weighted by Crippen LogP contribution is -2.43. The van der Waals surface area contributed by atoms with Crippen LogP contribution in [0.1, 0.15) is 5.76 Å². The van der Waals surface area contributed by atoms with Crippen molar-refractivity contribution in [3.05, 3.63) is 24.2 Å². The van der Waals surface area contributed by atoms with Crippen molar-refractivity contribution in [1.29, 1.82) is 0 Å². The molecule has 0 atom stereocenters. The van der Waals surface area contributed by atoms with Crippen molar-refractivity contribution < 1.29 is 19.1 Å². The molecule has 0 aromatic carbocycles. The summed E-state index contributed by atoms with van der Waals surface area (Å²) in [6, 6.07) is 3.05. The number of urea groups is 1. The third kappa shape index (κ3) is 4.61. The number of carbonyl (C=O) groups excluding carboxylic acids is 1. The summed E-state index contributed by atoms with van der Waals surface area (Å²) in [4.78, 5) is 23.2. The number of furan rings is 1. The van der Waals surface area contributed by atoms with Crippen LogP contribution < -0.4 is 5.32 Å². The maximum absolute atomic E-state index is 11.6. The molecule has 1 aromatic rings. The second kappa shape index (κ2) is 7.01. The first-order chi connectivity index (χ1) is 8.63. The average Bonchev–Trinajstić information content (AvgIpc) is 2.81. The van der Waals surface area contributed by atoms with Crippen molar-refractivity contribution in [2.45, 2.75) is 6.42 Å². The van der Waals surface area contributed by atoms with Gasteiger partial charge in [-0.15, -0.1) is 6.42 Å². The molecule has 0 aliphatic heterocycles. The standard InChI is InChI=1S/C12H14N2O4/c1-2-7-14(9-11(15)16)12(17)13-6-5-10-4-3-8-18-10/h1,3-4,8H,5-7,9H2,(H,13,17)(H,15,16). The second-order valence-electron chi connectivity index (χ2n) is 3.52. The van der Waals surface area contributed by atoms with E-state index in [1.165, 1.54) is 0 Å². The zero-order chi connectivity index (χ0) is 13.4. The molecular weight excluding hydrogens is 236 g/mol. The first-order valence-electron chi connectivity index (χ1n) is 5.34. The average molecular weight is 250 g/mol. The number of terminal acetylenes is 1. The van der Waals surface area contributed by atoms with Crippen LogP contribution in [0.5, 0.6) is 0 Å². The Morgan fingerprint density at radius 2 is 2.33 bits per heavy atom. The lowest BCUT2D eigenvalue weighted by atomic mass is 10.3. The van der Waals surface area contributed by atoms with Gasteiger partial charge in [0.25, 0.3) is 0 Å². The van der Waals surface area contributed by atoms with Crippen LogP contribution >= 0.6 is 0 Å². The molecule has 0 aliphatic rings. The van der Waals surface area contributed by atoms with Crippen molar-refractivity contribution >= 4 is 12.0 Å². The normalized spacial score (nSPS) is 9.50. The molecule has 0 unspecified atom stereocenters. The van der Waals surface area contributed by atoms with Crippen LogP contribution in [0.2, 0.25) is 0 Å². The van der Waals surface area contributed by atoms with Crippen molar-refractivity contribution in [1.82, 2.24) is 10.2 Å². The monoisotopic (exact) mass is 250 g/mol. The highest BCUT2D eigenvalue weighted by Crippen LogP contribution is 1.99. The Kier molecular flexibility index (Phi) is 5.32. The van der Waals surface area contributed by atoms with Gasteiger partial charge in [0.2, 0.25) is 0 Å². The molecule has 18 heavy (non-hydrogen) atoms. The van der Waals surface area contributed by atoms with Crippen molar-refractivity contribution in [3.8, 4) is 12.3 Å². The predicted molar refractivity (Wildman–Crippen MR) is 63.9 cm³/mol. The van der Waals surface area contributed by atoms with E-state index in [-0.39, 0.29) is 6.54 Å². The van der Waals surface area contributed by atoms with Gasteiger partial charge in [-0.25, -0.2) is 4.79 Å². The number of amides is 2. The molecule has 6 heteroatoms. The molecule has 96 valence electrons. The maximum Gasteiger partial charge on any atom is 0.323 e. The van der Waals surface area contributed by atoms with Crippen LogP contribution in [0.4, 0.5) is 4.79 Å². The van der Waals surface area contributed by atoms with Crippen LogP contribution in [0.3, 0.4) is 0 Å². The molecule has 0 bridgehead atoms. The zero-order valence-corrected chi connectivity index (χ0v) is 9.76. The summed E-state index contributed by atoms with van der Waals surface area (Å²) in [5.74, 6) is 1.88. The van der Waals surface area contributed by atoms with E-state index in [4.69, 9.17) is 15.9 Å². The molecule has 0 saturated carbocycles. The molecule has 0 spiro atoms. The molecule has 2 N–H and O–H groups in total. The van der Waals surface area contributed by atoms with Gasteiger partial charge in [0, 0.05) is 13.0 Å². The van der Waals surface area contributed by atoms with Crippen LogP contribution in [0.25, 0.3) is 0 Å². The molecular formula is C12H14N2O4. The fraction of sp³-hybridized carbons (Fsp3) is 0.333. The number of rotatable bonds is 6. The SMILES string of the molecule is C#CCN(CC(=O)O)C(=O)NCCc1ccco1. The summed E-state index contributed by atoms with van der Waals surface area (Å²) < 4.78 is 5.10.